The predicted molar refractivity (Wildman–Crippen MR) is 58.1 cm³/mol. The van der Waals surface area contributed by atoms with Gasteiger partial charge in [0.2, 0.25) is 0 Å². The van der Waals surface area contributed by atoms with Crippen molar-refractivity contribution in [3.8, 4) is 5.75 Å². The number of ether oxygens (including phenoxy) is 1. The van der Waals surface area contributed by atoms with Crippen molar-refractivity contribution in [1.82, 2.24) is 0 Å². The van der Waals surface area contributed by atoms with Gasteiger partial charge in [0.05, 0.1) is 15.6 Å². The van der Waals surface area contributed by atoms with E-state index in [2.05, 4.69) is 0 Å². The quantitative estimate of drug-likeness (QED) is 0.869. The third kappa shape index (κ3) is 2.14. The molecule has 0 radical (unpaired) electrons. The average Bonchev–Trinajstić information content (AvgIpc) is 2.83. The van der Waals surface area contributed by atoms with E-state index < -0.39 is 0 Å². The highest BCUT2D eigenvalue weighted by Gasteiger charge is 2.39. The van der Waals surface area contributed by atoms with Crippen LogP contribution in [0, 0.1) is 0 Å². The highest BCUT2D eigenvalue weighted by atomic mass is 35.5. The Morgan fingerprint density at radius 2 is 1.86 bits per heavy atom. The fraction of sp³-hybridized carbons (Fsp3) is 0.400. The number of halogens is 2. The second-order valence-electron chi connectivity index (χ2n) is 3.70. The molecule has 1 aliphatic carbocycles. The lowest BCUT2D eigenvalue weighted by atomic mass is 10.3. The van der Waals surface area contributed by atoms with Crippen LogP contribution in [0.4, 0.5) is 0 Å². The molecule has 4 heteroatoms. The largest absolute Gasteiger partial charge is 0.489 e. The predicted octanol–water partition coefficient (Wildman–Crippen LogP) is 2.86. The second kappa shape index (κ2) is 3.61. The summed E-state index contributed by atoms with van der Waals surface area (Å²) in [7, 11) is 0. The molecular weight excluding hydrogens is 221 g/mol. The van der Waals surface area contributed by atoms with Crippen LogP contribution in [0.5, 0.6) is 5.75 Å². The summed E-state index contributed by atoms with van der Waals surface area (Å²) in [5.74, 6) is 0.535. The highest BCUT2D eigenvalue weighted by molar-refractivity contribution is 6.37. The van der Waals surface area contributed by atoms with Gasteiger partial charge in [-0.05, 0) is 25.0 Å². The summed E-state index contributed by atoms with van der Waals surface area (Å²) in [6.45, 7) is 0.483. The Labute approximate surface area is 92.9 Å². The molecule has 0 aromatic heterocycles. The van der Waals surface area contributed by atoms with Crippen molar-refractivity contribution in [2.45, 2.75) is 18.4 Å². The Hall–Kier alpha value is -0.440. The maximum absolute atomic E-state index is 5.93. The topological polar surface area (TPSA) is 35.2 Å². The van der Waals surface area contributed by atoms with E-state index in [4.69, 9.17) is 33.7 Å². The smallest absolute Gasteiger partial charge is 0.156 e. The Morgan fingerprint density at radius 3 is 2.36 bits per heavy atom. The number of benzene rings is 1. The molecule has 1 aromatic carbocycles. The van der Waals surface area contributed by atoms with Crippen molar-refractivity contribution >= 4 is 23.2 Å². The van der Waals surface area contributed by atoms with Crippen LogP contribution >= 0.6 is 23.2 Å². The van der Waals surface area contributed by atoms with Gasteiger partial charge in [-0.15, -0.1) is 0 Å². The molecule has 1 aliphatic rings. The van der Waals surface area contributed by atoms with Gasteiger partial charge in [-0.2, -0.15) is 0 Å². The second-order valence-corrected chi connectivity index (χ2v) is 4.52. The minimum Gasteiger partial charge on any atom is -0.489 e. The van der Waals surface area contributed by atoms with Crippen LogP contribution in [0.1, 0.15) is 12.8 Å². The van der Waals surface area contributed by atoms with E-state index in [1.165, 1.54) is 0 Å². The Bertz CT molecular complexity index is 330. The first-order valence-corrected chi connectivity index (χ1v) is 5.22. The number of hydrogen-bond donors (Lipinski definition) is 1. The molecule has 0 atom stereocenters. The van der Waals surface area contributed by atoms with E-state index in [0.717, 1.165) is 12.8 Å². The van der Waals surface area contributed by atoms with Crippen molar-refractivity contribution in [1.29, 1.82) is 0 Å². The van der Waals surface area contributed by atoms with Crippen LogP contribution in [-0.4, -0.2) is 12.1 Å². The minimum atomic E-state index is -0.150. The summed E-state index contributed by atoms with van der Waals surface area (Å²) in [4.78, 5) is 0. The molecule has 0 bridgehead atoms. The Kier molecular flexibility index (Phi) is 2.60. The van der Waals surface area contributed by atoms with Crippen LogP contribution in [0.3, 0.4) is 0 Å². The molecule has 0 saturated heterocycles. The Balaban J connectivity index is 2.08. The zero-order chi connectivity index (χ0) is 10.2. The fourth-order valence-electron chi connectivity index (χ4n) is 1.14. The van der Waals surface area contributed by atoms with Crippen molar-refractivity contribution in [3.63, 3.8) is 0 Å². The molecule has 0 heterocycles. The first-order valence-electron chi connectivity index (χ1n) is 4.46. The summed E-state index contributed by atoms with van der Waals surface area (Å²) in [6, 6.07) is 5.28. The lowest BCUT2D eigenvalue weighted by Gasteiger charge is -2.13. The highest BCUT2D eigenvalue weighted by Crippen LogP contribution is 2.36. The maximum atomic E-state index is 5.93. The standard InChI is InChI=1S/C10H11Cl2NO/c11-7-2-1-3-8(12)9(7)14-6-10(13)4-5-10/h1-3H,4-6,13H2. The van der Waals surface area contributed by atoms with Crippen molar-refractivity contribution in [2.75, 3.05) is 6.61 Å². The van der Waals surface area contributed by atoms with Gasteiger partial charge in [0, 0.05) is 0 Å². The van der Waals surface area contributed by atoms with Gasteiger partial charge >= 0.3 is 0 Å². The van der Waals surface area contributed by atoms with Crippen LogP contribution in [0.2, 0.25) is 10.0 Å². The molecule has 0 spiro atoms. The SMILES string of the molecule is NC1(COc2c(Cl)cccc2Cl)CC1. The third-order valence-corrected chi connectivity index (χ3v) is 2.91. The van der Waals surface area contributed by atoms with Gasteiger partial charge in [-0.25, -0.2) is 0 Å². The summed E-state index contributed by atoms with van der Waals surface area (Å²) in [6.07, 6.45) is 2.02. The van der Waals surface area contributed by atoms with Crippen LogP contribution in [-0.2, 0) is 0 Å². The monoisotopic (exact) mass is 231 g/mol. The van der Waals surface area contributed by atoms with Gasteiger partial charge in [-0.1, -0.05) is 29.3 Å². The van der Waals surface area contributed by atoms with Gasteiger partial charge in [0.1, 0.15) is 6.61 Å². The summed E-state index contributed by atoms with van der Waals surface area (Å²) in [5, 5.41) is 1.06. The zero-order valence-corrected chi connectivity index (χ0v) is 9.11. The summed E-state index contributed by atoms with van der Waals surface area (Å²) < 4.78 is 5.51. The molecule has 2 N–H and O–H groups in total. The summed E-state index contributed by atoms with van der Waals surface area (Å²) in [5.41, 5.74) is 5.73. The van der Waals surface area contributed by atoms with Crippen LogP contribution < -0.4 is 10.5 Å². The molecule has 76 valence electrons. The van der Waals surface area contributed by atoms with E-state index in [9.17, 15) is 0 Å². The van der Waals surface area contributed by atoms with Crippen molar-refractivity contribution in [2.24, 2.45) is 5.73 Å². The first-order chi connectivity index (χ1) is 6.61. The molecule has 14 heavy (non-hydrogen) atoms. The minimum absolute atomic E-state index is 0.150. The normalized spacial score (nSPS) is 17.9. The molecule has 1 fully saturated rings. The lowest BCUT2D eigenvalue weighted by Crippen LogP contribution is -2.29. The van der Waals surface area contributed by atoms with E-state index in [1.54, 1.807) is 18.2 Å². The van der Waals surface area contributed by atoms with E-state index in [1.807, 2.05) is 0 Å². The molecule has 2 nitrogen and oxygen atoms in total. The Morgan fingerprint density at radius 1 is 1.29 bits per heavy atom. The van der Waals surface area contributed by atoms with Crippen LogP contribution in [0.25, 0.3) is 0 Å². The van der Waals surface area contributed by atoms with Gasteiger partial charge in [0.25, 0.3) is 0 Å². The third-order valence-electron chi connectivity index (χ3n) is 2.32. The first kappa shape index (κ1) is 10.1. The van der Waals surface area contributed by atoms with Gasteiger partial charge in [0.15, 0.2) is 5.75 Å². The number of hydrogen-bond acceptors (Lipinski definition) is 2. The molecule has 0 aliphatic heterocycles. The fourth-order valence-corrected chi connectivity index (χ4v) is 1.65. The van der Waals surface area contributed by atoms with Crippen molar-refractivity contribution in [3.05, 3.63) is 28.2 Å². The average molecular weight is 232 g/mol. The van der Waals surface area contributed by atoms with Crippen LogP contribution in [0.15, 0.2) is 18.2 Å². The molecule has 1 saturated carbocycles. The summed E-state index contributed by atoms with van der Waals surface area (Å²) >= 11 is 11.9. The molecule has 0 amide bonds. The zero-order valence-electron chi connectivity index (χ0n) is 7.59. The number of rotatable bonds is 3. The molecule has 1 aromatic rings. The van der Waals surface area contributed by atoms with Gasteiger partial charge in [-0.3, -0.25) is 0 Å². The van der Waals surface area contributed by atoms with E-state index in [0.29, 0.717) is 22.4 Å². The molecule has 2 rings (SSSR count). The van der Waals surface area contributed by atoms with Crippen molar-refractivity contribution < 1.29 is 4.74 Å². The van der Waals surface area contributed by atoms with E-state index >= 15 is 0 Å². The molecule has 0 unspecified atom stereocenters. The maximum Gasteiger partial charge on any atom is 0.156 e. The van der Waals surface area contributed by atoms with Gasteiger partial charge < -0.3 is 10.5 Å². The number of para-hydroxylation sites is 1. The number of nitrogens with two attached hydrogens (primary N) is 1. The molecular formula is C10H11Cl2NO. The lowest BCUT2D eigenvalue weighted by molar-refractivity contribution is 0.280. The van der Waals surface area contributed by atoms with E-state index in [-0.39, 0.29) is 5.54 Å².